The van der Waals surface area contributed by atoms with Crippen molar-refractivity contribution in [3.8, 4) is 0 Å². The summed E-state index contributed by atoms with van der Waals surface area (Å²) in [6.07, 6.45) is 0. The second kappa shape index (κ2) is 7.55. The lowest BCUT2D eigenvalue weighted by atomic mass is 10.1. The minimum atomic E-state index is -3.63. The molecule has 1 aliphatic rings. The van der Waals surface area contributed by atoms with Crippen LogP contribution in [0.25, 0.3) is 10.8 Å². The average Bonchev–Trinajstić information content (AvgIpc) is 3.00. The zero-order valence-corrected chi connectivity index (χ0v) is 17.4. The third kappa shape index (κ3) is 3.34. The SMILES string of the molecule is CN(C)S(=O)(=O)c1ccccc1CNC(=O)CN1C(=O)c2cccc3cccc1c23. The number of hydrogen-bond acceptors (Lipinski definition) is 4. The molecule has 8 heteroatoms. The van der Waals surface area contributed by atoms with Crippen molar-refractivity contribution >= 4 is 38.3 Å². The minimum absolute atomic E-state index is 0.0429. The van der Waals surface area contributed by atoms with Gasteiger partial charge in [-0.25, -0.2) is 12.7 Å². The van der Waals surface area contributed by atoms with E-state index < -0.39 is 10.0 Å². The van der Waals surface area contributed by atoms with Crippen LogP contribution in [0.15, 0.2) is 65.6 Å². The molecule has 0 spiro atoms. The Morgan fingerprint density at radius 2 is 1.70 bits per heavy atom. The van der Waals surface area contributed by atoms with Crippen molar-refractivity contribution in [3.63, 3.8) is 0 Å². The number of rotatable bonds is 6. The summed E-state index contributed by atoms with van der Waals surface area (Å²) in [6.45, 7) is -0.101. The van der Waals surface area contributed by atoms with Crippen molar-refractivity contribution in [2.75, 3.05) is 25.5 Å². The lowest BCUT2D eigenvalue weighted by Crippen LogP contribution is -2.39. The predicted molar refractivity (Wildman–Crippen MR) is 115 cm³/mol. The standard InChI is InChI=1S/C22H21N3O4S/c1-24(2)30(28,29)19-12-4-3-7-16(19)13-23-20(26)14-25-18-11-6-9-15-8-5-10-17(21(15)18)22(25)27/h3-12H,13-14H2,1-2H3,(H,23,26). The van der Waals surface area contributed by atoms with Crippen molar-refractivity contribution in [1.82, 2.24) is 9.62 Å². The normalized spacial score (nSPS) is 13.3. The van der Waals surface area contributed by atoms with Crippen molar-refractivity contribution in [2.45, 2.75) is 11.4 Å². The van der Waals surface area contributed by atoms with E-state index in [2.05, 4.69) is 5.32 Å². The maximum absolute atomic E-state index is 12.8. The predicted octanol–water partition coefficient (Wildman–Crippen LogP) is 2.37. The molecule has 4 rings (SSSR count). The van der Waals surface area contributed by atoms with E-state index >= 15 is 0 Å². The molecular formula is C22H21N3O4S. The largest absolute Gasteiger partial charge is 0.350 e. The summed E-state index contributed by atoms with van der Waals surface area (Å²) < 4.78 is 26.2. The van der Waals surface area contributed by atoms with Gasteiger partial charge in [-0.2, -0.15) is 0 Å². The highest BCUT2D eigenvalue weighted by atomic mass is 32.2. The Morgan fingerprint density at radius 1 is 1.00 bits per heavy atom. The highest BCUT2D eigenvalue weighted by Crippen LogP contribution is 2.36. The first-order chi connectivity index (χ1) is 14.3. The highest BCUT2D eigenvalue weighted by molar-refractivity contribution is 7.89. The van der Waals surface area contributed by atoms with E-state index in [0.717, 1.165) is 15.1 Å². The molecular weight excluding hydrogens is 402 g/mol. The topological polar surface area (TPSA) is 86.8 Å². The summed E-state index contributed by atoms with van der Waals surface area (Å²) in [4.78, 5) is 27.0. The minimum Gasteiger partial charge on any atom is -0.350 e. The smallest absolute Gasteiger partial charge is 0.259 e. The molecule has 0 unspecified atom stereocenters. The molecule has 0 bridgehead atoms. The first-order valence-electron chi connectivity index (χ1n) is 9.41. The Balaban J connectivity index is 1.52. The number of nitrogens with one attached hydrogen (secondary N) is 1. The number of hydrogen-bond donors (Lipinski definition) is 1. The third-order valence-corrected chi connectivity index (χ3v) is 7.07. The van der Waals surface area contributed by atoms with Gasteiger partial charge in [-0.3, -0.25) is 14.5 Å². The van der Waals surface area contributed by atoms with Gasteiger partial charge >= 0.3 is 0 Å². The van der Waals surface area contributed by atoms with Crippen LogP contribution in [-0.4, -0.2) is 45.2 Å². The van der Waals surface area contributed by atoms with Crippen LogP contribution in [0.3, 0.4) is 0 Å². The van der Waals surface area contributed by atoms with E-state index in [-0.39, 0.29) is 29.8 Å². The highest BCUT2D eigenvalue weighted by Gasteiger charge is 2.31. The number of amides is 2. The van der Waals surface area contributed by atoms with Gasteiger partial charge in [0.05, 0.1) is 10.6 Å². The molecule has 0 atom stereocenters. The molecule has 0 fully saturated rings. The molecule has 3 aromatic carbocycles. The summed E-state index contributed by atoms with van der Waals surface area (Å²) in [5.41, 5.74) is 1.77. The van der Waals surface area contributed by atoms with Crippen LogP contribution in [0.5, 0.6) is 0 Å². The fraction of sp³-hybridized carbons (Fsp3) is 0.182. The van der Waals surface area contributed by atoms with Crippen molar-refractivity contribution < 1.29 is 18.0 Å². The molecule has 0 saturated heterocycles. The molecule has 1 aliphatic heterocycles. The van der Waals surface area contributed by atoms with Crippen LogP contribution in [0.2, 0.25) is 0 Å². The van der Waals surface area contributed by atoms with Gasteiger partial charge in [0.2, 0.25) is 15.9 Å². The van der Waals surface area contributed by atoms with E-state index in [4.69, 9.17) is 0 Å². The number of nitrogens with zero attached hydrogens (tertiary/aromatic N) is 2. The van der Waals surface area contributed by atoms with Gasteiger partial charge in [0.25, 0.3) is 5.91 Å². The molecule has 1 N–H and O–H groups in total. The second-order valence-corrected chi connectivity index (χ2v) is 9.36. The summed E-state index contributed by atoms with van der Waals surface area (Å²) in [5, 5.41) is 4.54. The monoisotopic (exact) mass is 423 g/mol. The van der Waals surface area contributed by atoms with Crippen LogP contribution in [0.1, 0.15) is 15.9 Å². The fourth-order valence-corrected chi connectivity index (χ4v) is 4.74. The van der Waals surface area contributed by atoms with Crippen LogP contribution < -0.4 is 10.2 Å². The molecule has 0 aliphatic carbocycles. The van der Waals surface area contributed by atoms with E-state index in [1.54, 1.807) is 24.3 Å². The molecule has 0 aromatic heterocycles. The summed E-state index contributed by atoms with van der Waals surface area (Å²) in [5.74, 6) is -0.585. The Bertz CT molecular complexity index is 1260. The Kier molecular flexibility index (Phi) is 5.05. The number of carbonyl (C=O) groups is 2. The average molecular weight is 423 g/mol. The van der Waals surface area contributed by atoms with Gasteiger partial charge in [0.15, 0.2) is 0 Å². The van der Waals surface area contributed by atoms with Gasteiger partial charge in [-0.15, -0.1) is 0 Å². The van der Waals surface area contributed by atoms with E-state index in [1.165, 1.54) is 25.1 Å². The van der Waals surface area contributed by atoms with Crippen LogP contribution in [0.4, 0.5) is 5.69 Å². The summed E-state index contributed by atoms with van der Waals surface area (Å²) >= 11 is 0. The molecule has 0 saturated carbocycles. The van der Waals surface area contributed by atoms with Crippen molar-refractivity contribution in [1.29, 1.82) is 0 Å². The zero-order chi connectivity index (χ0) is 21.5. The number of anilines is 1. The number of sulfonamides is 1. The van der Waals surface area contributed by atoms with Crippen LogP contribution in [-0.2, 0) is 21.4 Å². The third-order valence-electron chi connectivity index (χ3n) is 5.16. The van der Waals surface area contributed by atoms with Gasteiger partial charge in [0, 0.05) is 31.6 Å². The number of carbonyl (C=O) groups excluding carboxylic acids is 2. The maximum atomic E-state index is 12.8. The van der Waals surface area contributed by atoms with Gasteiger partial charge in [-0.05, 0) is 29.1 Å². The Labute approximate surface area is 175 Å². The van der Waals surface area contributed by atoms with E-state index in [9.17, 15) is 18.0 Å². The van der Waals surface area contributed by atoms with E-state index in [1.807, 2.05) is 30.3 Å². The molecule has 30 heavy (non-hydrogen) atoms. The first kappa shape index (κ1) is 20.1. The quantitative estimate of drug-likeness (QED) is 0.660. The van der Waals surface area contributed by atoms with Gasteiger partial charge in [-0.1, -0.05) is 42.5 Å². The van der Waals surface area contributed by atoms with Gasteiger partial charge in [0.1, 0.15) is 6.54 Å². The van der Waals surface area contributed by atoms with Crippen molar-refractivity contribution in [3.05, 3.63) is 71.8 Å². The lowest BCUT2D eigenvalue weighted by molar-refractivity contribution is -0.119. The van der Waals surface area contributed by atoms with Crippen LogP contribution in [0, 0.1) is 0 Å². The Hall–Kier alpha value is -3.23. The number of benzene rings is 3. The summed E-state index contributed by atoms with van der Waals surface area (Å²) in [7, 11) is -0.711. The fourth-order valence-electron chi connectivity index (χ4n) is 3.63. The molecule has 0 radical (unpaired) electrons. The summed E-state index contributed by atoms with van der Waals surface area (Å²) in [6, 6.07) is 17.7. The second-order valence-electron chi connectivity index (χ2n) is 7.24. The molecule has 3 aromatic rings. The van der Waals surface area contributed by atoms with Gasteiger partial charge < -0.3 is 5.32 Å². The van der Waals surface area contributed by atoms with Crippen LogP contribution >= 0.6 is 0 Å². The molecule has 154 valence electrons. The molecule has 7 nitrogen and oxygen atoms in total. The van der Waals surface area contributed by atoms with E-state index in [0.29, 0.717) is 16.8 Å². The van der Waals surface area contributed by atoms with Crippen molar-refractivity contribution in [2.24, 2.45) is 0 Å². The lowest BCUT2D eigenvalue weighted by Gasteiger charge is -2.18. The molecule has 2 amide bonds. The first-order valence-corrected chi connectivity index (χ1v) is 10.9. The Morgan fingerprint density at radius 3 is 2.43 bits per heavy atom. The maximum Gasteiger partial charge on any atom is 0.259 e. The zero-order valence-electron chi connectivity index (χ0n) is 16.6. The molecule has 1 heterocycles.